The molecule has 0 bridgehead atoms. The highest BCUT2D eigenvalue weighted by atomic mass is 35.5. The van der Waals surface area contributed by atoms with Crippen molar-refractivity contribution in [3.8, 4) is 5.69 Å². The number of hydrogen-bond acceptors (Lipinski definition) is 4. The van der Waals surface area contributed by atoms with E-state index in [2.05, 4.69) is 10.2 Å². The molecule has 0 aliphatic heterocycles. The van der Waals surface area contributed by atoms with Crippen LogP contribution in [-0.2, 0) is 0 Å². The van der Waals surface area contributed by atoms with Gasteiger partial charge in [-0.3, -0.25) is 4.57 Å². The molecule has 9 heteroatoms. The lowest BCUT2D eigenvalue weighted by molar-refractivity contribution is -0.195. The monoisotopic (exact) mass is 323 g/mol. The number of aliphatic hydroxyl groups excluding tert-OH is 1. The number of aliphatic hydroxyl groups is 1. The van der Waals surface area contributed by atoms with E-state index in [0.717, 1.165) is 11.8 Å². The summed E-state index contributed by atoms with van der Waals surface area (Å²) in [6.45, 7) is 0. The van der Waals surface area contributed by atoms with E-state index in [0.29, 0.717) is 10.7 Å². The molecule has 20 heavy (non-hydrogen) atoms. The topological polar surface area (TPSA) is 50.9 Å². The van der Waals surface area contributed by atoms with Crippen molar-refractivity contribution in [3.05, 3.63) is 35.6 Å². The molecule has 1 heterocycles. The zero-order chi connectivity index (χ0) is 14.8. The van der Waals surface area contributed by atoms with Gasteiger partial charge in [0, 0.05) is 10.8 Å². The summed E-state index contributed by atoms with van der Waals surface area (Å²) >= 11 is 6.62. The number of thioether (sulfide) groups is 1. The van der Waals surface area contributed by atoms with Gasteiger partial charge in [0.1, 0.15) is 6.33 Å². The van der Waals surface area contributed by atoms with Gasteiger partial charge in [0.15, 0.2) is 11.3 Å². The van der Waals surface area contributed by atoms with Gasteiger partial charge in [-0.2, -0.15) is 13.2 Å². The Kier molecular flexibility index (Phi) is 4.56. The number of alkyl halides is 3. The van der Waals surface area contributed by atoms with Gasteiger partial charge in [-0.15, -0.1) is 10.2 Å². The Labute approximate surface area is 121 Å². The summed E-state index contributed by atoms with van der Waals surface area (Å²) in [6.07, 6.45) is -5.68. The van der Waals surface area contributed by atoms with Crippen LogP contribution in [0.5, 0.6) is 0 Å². The first-order valence-corrected chi connectivity index (χ1v) is 6.78. The molecule has 0 aliphatic carbocycles. The highest BCUT2D eigenvalue weighted by Crippen LogP contribution is 2.27. The van der Waals surface area contributed by atoms with E-state index in [-0.39, 0.29) is 5.16 Å². The van der Waals surface area contributed by atoms with Crippen molar-refractivity contribution < 1.29 is 18.3 Å². The van der Waals surface area contributed by atoms with Gasteiger partial charge >= 0.3 is 6.18 Å². The Morgan fingerprint density at radius 1 is 1.40 bits per heavy atom. The number of hydrogen-bond donors (Lipinski definition) is 1. The third-order valence-electron chi connectivity index (χ3n) is 2.35. The van der Waals surface area contributed by atoms with E-state index in [9.17, 15) is 13.2 Å². The van der Waals surface area contributed by atoms with Crippen LogP contribution in [0.1, 0.15) is 0 Å². The van der Waals surface area contributed by atoms with Crippen molar-refractivity contribution >= 4 is 23.4 Å². The highest BCUT2D eigenvalue weighted by molar-refractivity contribution is 7.99. The summed E-state index contributed by atoms with van der Waals surface area (Å²) in [7, 11) is 0. The minimum atomic E-state index is -4.64. The lowest BCUT2D eigenvalue weighted by Gasteiger charge is -2.13. The fourth-order valence-electron chi connectivity index (χ4n) is 1.37. The summed E-state index contributed by atoms with van der Waals surface area (Å²) in [4.78, 5) is 0. The Hall–Kier alpha value is -1.25. The fraction of sp³-hybridized carbons (Fsp3) is 0.273. The number of rotatable bonds is 4. The summed E-state index contributed by atoms with van der Waals surface area (Å²) in [5.74, 6) is -0.553. The molecule has 1 N–H and O–H groups in total. The van der Waals surface area contributed by atoms with Crippen LogP contribution >= 0.6 is 23.4 Å². The molecule has 0 amide bonds. The molecule has 0 saturated heterocycles. The number of halogens is 4. The minimum absolute atomic E-state index is 0.246. The average molecular weight is 324 g/mol. The van der Waals surface area contributed by atoms with Gasteiger partial charge in [-0.25, -0.2) is 0 Å². The second-order valence-electron chi connectivity index (χ2n) is 3.83. The maximum Gasteiger partial charge on any atom is 0.415 e. The molecule has 0 unspecified atom stereocenters. The quantitative estimate of drug-likeness (QED) is 0.879. The summed E-state index contributed by atoms with van der Waals surface area (Å²) < 4.78 is 38.2. The normalized spacial score (nSPS) is 13.4. The predicted molar refractivity (Wildman–Crippen MR) is 69.2 cm³/mol. The van der Waals surface area contributed by atoms with Crippen molar-refractivity contribution in [1.29, 1.82) is 0 Å². The number of nitrogens with zero attached hydrogens (tertiary/aromatic N) is 3. The van der Waals surface area contributed by atoms with E-state index in [1.807, 2.05) is 0 Å². The van der Waals surface area contributed by atoms with E-state index in [4.69, 9.17) is 16.7 Å². The summed E-state index contributed by atoms with van der Waals surface area (Å²) in [5.41, 5.74) is 0.631. The molecule has 0 spiro atoms. The first kappa shape index (κ1) is 15.1. The molecule has 0 aliphatic rings. The van der Waals surface area contributed by atoms with Crippen LogP contribution in [0, 0.1) is 0 Å². The van der Waals surface area contributed by atoms with Crippen LogP contribution in [0.25, 0.3) is 5.69 Å². The molecule has 0 radical (unpaired) electrons. The molecule has 1 aromatic carbocycles. The van der Waals surface area contributed by atoms with Crippen LogP contribution < -0.4 is 0 Å². The highest BCUT2D eigenvalue weighted by Gasteiger charge is 2.38. The second kappa shape index (κ2) is 6.02. The van der Waals surface area contributed by atoms with Gasteiger partial charge in [-0.05, 0) is 18.2 Å². The molecular weight excluding hydrogens is 315 g/mol. The van der Waals surface area contributed by atoms with E-state index in [1.54, 1.807) is 24.3 Å². The Bertz CT molecular complexity index is 590. The predicted octanol–water partition coefficient (Wildman–Crippen LogP) is 2.94. The molecule has 0 fully saturated rings. The molecular formula is C11H9ClF3N3OS. The zero-order valence-corrected chi connectivity index (χ0v) is 11.5. The van der Waals surface area contributed by atoms with Gasteiger partial charge in [0.05, 0.1) is 5.69 Å². The van der Waals surface area contributed by atoms with Gasteiger partial charge < -0.3 is 5.11 Å². The van der Waals surface area contributed by atoms with Crippen molar-refractivity contribution in [2.45, 2.75) is 17.4 Å². The molecule has 1 atom stereocenters. The van der Waals surface area contributed by atoms with Crippen molar-refractivity contribution in [2.24, 2.45) is 0 Å². The van der Waals surface area contributed by atoms with Crippen molar-refractivity contribution in [1.82, 2.24) is 14.8 Å². The summed E-state index contributed by atoms with van der Waals surface area (Å²) in [6, 6.07) is 6.74. The Balaban J connectivity index is 2.14. The first-order chi connectivity index (χ1) is 9.38. The van der Waals surface area contributed by atoms with E-state index in [1.165, 1.54) is 10.9 Å². The average Bonchev–Trinajstić information content (AvgIpc) is 2.83. The molecule has 4 nitrogen and oxygen atoms in total. The summed E-state index contributed by atoms with van der Waals surface area (Å²) in [5, 5.41) is 17.1. The van der Waals surface area contributed by atoms with Gasteiger partial charge in [0.25, 0.3) is 0 Å². The molecule has 2 rings (SSSR count). The van der Waals surface area contributed by atoms with Crippen LogP contribution in [0.3, 0.4) is 0 Å². The number of aromatic nitrogens is 3. The molecule has 1 aromatic heterocycles. The van der Waals surface area contributed by atoms with Crippen molar-refractivity contribution in [2.75, 3.05) is 5.75 Å². The Morgan fingerprint density at radius 2 is 2.15 bits per heavy atom. The zero-order valence-electron chi connectivity index (χ0n) is 9.88. The van der Waals surface area contributed by atoms with Gasteiger partial charge in [0.2, 0.25) is 0 Å². The maximum absolute atomic E-state index is 12.2. The lowest BCUT2D eigenvalue weighted by atomic mass is 10.3. The Morgan fingerprint density at radius 3 is 2.80 bits per heavy atom. The van der Waals surface area contributed by atoms with E-state index < -0.39 is 18.0 Å². The molecule has 0 saturated carbocycles. The SMILES string of the molecule is O[C@H](CSc1nncn1-c1cccc(Cl)c1)C(F)(F)F. The standard InChI is InChI=1S/C11H9ClF3N3OS/c12-7-2-1-3-8(4-7)18-6-16-17-10(18)20-5-9(19)11(13,14)15/h1-4,6,9,19H,5H2/t9-/m1/s1. The van der Waals surface area contributed by atoms with Crippen LogP contribution in [0.2, 0.25) is 5.02 Å². The molecule has 2 aromatic rings. The van der Waals surface area contributed by atoms with Crippen LogP contribution in [0.4, 0.5) is 13.2 Å². The van der Waals surface area contributed by atoms with Crippen LogP contribution in [0.15, 0.2) is 35.7 Å². The smallest absolute Gasteiger partial charge is 0.383 e. The maximum atomic E-state index is 12.2. The van der Waals surface area contributed by atoms with Gasteiger partial charge in [-0.1, -0.05) is 29.4 Å². The third-order valence-corrected chi connectivity index (χ3v) is 3.61. The first-order valence-electron chi connectivity index (χ1n) is 5.41. The van der Waals surface area contributed by atoms with Crippen LogP contribution in [-0.4, -0.2) is 37.9 Å². The molecule has 108 valence electrons. The third kappa shape index (κ3) is 3.65. The number of benzene rings is 1. The lowest BCUT2D eigenvalue weighted by Crippen LogP contribution is -2.30. The largest absolute Gasteiger partial charge is 0.415 e. The minimum Gasteiger partial charge on any atom is -0.383 e. The second-order valence-corrected chi connectivity index (χ2v) is 5.26. The van der Waals surface area contributed by atoms with Crippen molar-refractivity contribution in [3.63, 3.8) is 0 Å². The fourth-order valence-corrected chi connectivity index (χ4v) is 2.45. The van der Waals surface area contributed by atoms with E-state index >= 15 is 0 Å².